The first-order valence-electron chi connectivity index (χ1n) is 6.09. The molecule has 4 heteroatoms. The molecule has 0 spiro atoms. The summed E-state index contributed by atoms with van der Waals surface area (Å²) in [5.41, 5.74) is 1.99. The van der Waals surface area contributed by atoms with Crippen LogP contribution >= 0.6 is 11.8 Å². The summed E-state index contributed by atoms with van der Waals surface area (Å²) >= 11 is 1.55. The summed E-state index contributed by atoms with van der Waals surface area (Å²) in [6.45, 7) is 3.95. The number of amides is 1. The van der Waals surface area contributed by atoms with Crippen molar-refractivity contribution in [1.82, 2.24) is 4.98 Å². The molecule has 0 saturated heterocycles. The Morgan fingerprint density at radius 2 is 1.79 bits per heavy atom. The normalized spacial score (nSPS) is 11.9. The number of hydrogen-bond acceptors (Lipinski definition) is 3. The topological polar surface area (TPSA) is 42.0 Å². The number of hydrogen-bond donors (Lipinski definition) is 1. The minimum atomic E-state index is -0.143. The molecule has 0 aliphatic heterocycles. The van der Waals surface area contributed by atoms with Gasteiger partial charge in [0.1, 0.15) is 0 Å². The molecule has 0 fully saturated rings. The van der Waals surface area contributed by atoms with Gasteiger partial charge in [-0.25, -0.2) is 0 Å². The van der Waals surface area contributed by atoms with E-state index in [2.05, 4.69) is 22.4 Å². The zero-order valence-corrected chi connectivity index (χ0v) is 11.8. The largest absolute Gasteiger partial charge is 0.325 e. The molecule has 0 unspecified atom stereocenters. The molecule has 1 atom stereocenters. The van der Waals surface area contributed by atoms with Gasteiger partial charge < -0.3 is 5.32 Å². The Balaban J connectivity index is 1.94. The van der Waals surface area contributed by atoms with Crippen LogP contribution in [0.2, 0.25) is 0 Å². The van der Waals surface area contributed by atoms with E-state index < -0.39 is 0 Å². The number of benzene rings is 1. The fraction of sp³-hybridized carbons (Fsp3) is 0.200. The van der Waals surface area contributed by atoms with Gasteiger partial charge in [-0.2, -0.15) is 0 Å². The van der Waals surface area contributed by atoms with Crippen LogP contribution in [0.25, 0.3) is 0 Å². The van der Waals surface area contributed by atoms with Gasteiger partial charge in [-0.15, -0.1) is 11.8 Å². The second kappa shape index (κ2) is 6.38. The average Bonchev–Trinajstić information content (AvgIpc) is 2.42. The summed E-state index contributed by atoms with van der Waals surface area (Å²) < 4.78 is 0. The quantitative estimate of drug-likeness (QED) is 0.866. The number of aromatic nitrogens is 1. The van der Waals surface area contributed by atoms with Gasteiger partial charge in [0.15, 0.2) is 0 Å². The number of anilines is 1. The van der Waals surface area contributed by atoms with Crippen LogP contribution in [0.15, 0.2) is 53.7 Å². The number of pyridine rings is 1. The predicted octanol–water partition coefficient (Wildman–Crippen LogP) is 3.51. The molecule has 2 rings (SSSR count). The van der Waals surface area contributed by atoms with Gasteiger partial charge in [0.2, 0.25) is 5.91 Å². The van der Waals surface area contributed by atoms with Crippen molar-refractivity contribution in [3.8, 4) is 0 Å². The van der Waals surface area contributed by atoms with E-state index in [1.54, 1.807) is 36.3 Å². The van der Waals surface area contributed by atoms with Crippen molar-refractivity contribution in [2.45, 2.75) is 24.0 Å². The molecule has 2 aromatic rings. The highest BCUT2D eigenvalue weighted by Crippen LogP contribution is 2.24. The van der Waals surface area contributed by atoms with Crippen LogP contribution in [0.5, 0.6) is 0 Å². The van der Waals surface area contributed by atoms with E-state index in [1.807, 2.05) is 26.0 Å². The number of carbonyl (C=O) groups is 1. The summed E-state index contributed by atoms with van der Waals surface area (Å²) in [7, 11) is 0. The van der Waals surface area contributed by atoms with Gasteiger partial charge in [-0.3, -0.25) is 9.78 Å². The number of nitrogens with zero attached hydrogens (tertiary/aromatic N) is 1. The van der Waals surface area contributed by atoms with Crippen LogP contribution in [0.3, 0.4) is 0 Å². The maximum absolute atomic E-state index is 12.0. The number of carbonyl (C=O) groups excluding carboxylic acids is 1. The second-order valence-electron chi connectivity index (χ2n) is 4.30. The van der Waals surface area contributed by atoms with Crippen LogP contribution in [0.4, 0.5) is 5.69 Å². The van der Waals surface area contributed by atoms with E-state index in [4.69, 9.17) is 0 Å². The maximum atomic E-state index is 12.0. The summed E-state index contributed by atoms with van der Waals surface area (Å²) in [6.07, 6.45) is 3.32. The molecule has 0 radical (unpaired) electrons. The zero-order valence-electron chi connectivity index (χ0n) is 11.0. The van der Waals surface area contributed by atoms with E-state index in [9.17, 15) is 4.79 Å². The SMILES string of the molecule is Cc1ccc(S[C@@H](C)C(=O)Nc2ccncc2)cc1. The van der Waals surface area contributed by atoms with E-state index in [0.29, 0.717) is 0 Å². The van der Waals surface area contributed by atoms with Crippen molar-refractivity contribution in [2.75, 3.05) is 5.32 Å². The third-order valence-electron chi connectivity index (χ3n) is 2.65. The highest BCUT2D eigenvalue weighted by atomic mass is 32.2. The summed E-state index contributed by atoms with van der Waals surface area (Å²) in [4.78, 5) is 17.0. The van der Waals surface area contributed by atoms with E-state index in [1.165, 1.54) is 5.56 Å². The lowest BCUT2D eigenvalue weighted by molar-refractivity contribution is -0.115. The monoisotopic (exact) mass is 272 g/mol. The Kier molecular flexibility index (Phi) is 4.58. The third kappa shape index (κ3) is 4.10. The molecule has 98 valence electrons. The van der Waals surface area contributed by atoms with Crippen LogP contribution < -0.4 is 5.32 Å². The van der Waals surface area contributed by atoms with Crippen LogP contribution in [0, 0.1) is 6.92 Å². The fourth-order valence-corrected chi connectivity index (χ4v) is 2.42. The first kappa shape index (κ1) is 13.6. The Labute approximate surface area is 117 Å². The van der Waals surface area contributed by atoms with Gasteiger partial charge in [0.05, 0.1) is 5.25 Å². The van der Waals surface area contributed by atoms with Crippen molar-refractivity contribution in [2.24, 2.45) is 0 Å². The first-order chi connectivity index (χ1) is 9.15. The molecule has 1 aromatic carbocycles. The van der Waals surface area contributed by atoms with E-state index in [-0.39, 0.29) is 11.2 Å². The van der Waals surface area contributed by atoms with Crippen LogP contribution in [0.1, 0.15) is 12.5 Å². The molecule has 3 nitrogen and oxygen atoms in total. The highest BCUT2D eigenvalue weighted by molar-refractivity contribution is 8.00. The fourth-order valence-electron chi connectivity index (χ4n) is 1.55. The van der Waals surface area contributed by atoms with Gasteiger partial charge in [0.25, 0.3) is 0 Å². The lowest BCUT2D eigenvalue weighted by Crippen LogP contribution is -2.22. The molecule has 19 heavy (non-hydrogen) atoms. The molecule has 0 bridgehead atoms. The van der Waals surface area contributed by atoms with Crippen molar-refractivity contribution in [1.29, 1.82) is 0 Å². The lowest BCUT2D eigenvalue weighted by atomic mass is 10.2. The van der Waals surface area contributed by atoms with Crippen LogP contribution in [-0.4, -0.2) is 16.1 Å². The molecule has 0 aliphatic rings. The minimum absolute atomic E-state index is 0.00299. The molecule has 1 aromatic heterocycles. The van der Waals surface area contributed by atoms with Crippen LogP contribution in [-0.2, 0) is 4.79 Å². The summed E-state index contributed by atoms with van der Waals surface area (Å²) in [5.74, 6) is -0.00299. The Hall–Kier alpha value is -1.81. The third-order valence-corrected chi connectivity index (χ3v) is 3.76. The van der Waals surface area contributed by atoms with Crippen molar-refractivity contribution in [3.63, 3.8) is 0 Å². The van der Waals surface area contributed by atoms with Gasteiger partial charge in [-0.05, 0) is 38.1 Å². The first-order valence-corrected chi connectivity index (χ1v) is 6.97. The van der Waals surface area contributed by atoms with Crippen molar-refractivity contribution < 1.29 is 4.79 Å². The van der Waals surface area contributed by atoms with Gasteiger partial charge in [0, 0.05) is 23.0 Å². The highest BCUT2D eigenvalue weighted by Gasteiger charge is 2.14. The Morgan fingerprint density at radius 1 is 1.16 bits per heavy atom. The maximum Gasteiger partial charge on any atom is 0.237 e. The molecular weight excluding hydrogens is 256 g/mol. The number of thioether (sulfide) groups is 1. The minimum Gasteiger partial charge on any atom is -0.325 e. The lowest BCUT2D eigenvalue weighted by Gasteiger charge is -2.12. The van der Waals surface area contributed by atoms with Crippen molar-refractivity contribution >= 4 is 23.4 Å². The number of aryl methyl sites for hydroxylation is 1. The smallest absolute Gasteiger partial charge is 0.237 e. The molecule has 1 heterocycles. The van der Waals surface area contributed by atoms with Crippen molar-refractivity contribution in [3.05, 3.63) is 54.4 Å². The molecule has 0 saturated carbocycles. The zero-order chi connectivity index (χ0) is 13.7. The standard InChI is InChI=1S/C15H16N2OS/c1-11-3-5-14(6-4-11)19-12(2)15(18)17-13-7-9-16-10-8-13/h3-10,12H,1-2H3,(H,16,17,18)/t12-/m0/s1. The predicted molar refractivity (Wildman–Crippen MR) is 79.4 cm³/mol. The average molecular weight is 272 g/mol. The Morgan fingerprint density at radius 3 is 2.42 bits per heavy atom. The van der Waals surface area contributed by atoms with E-state index >= 15 is 0 Å². The second-order valence-corrected chi connectivity index (χ2v) is 5.71. The summed E-state index contributed by atoms with van der Waals surface area (Å²) in [5, 5.41) is 2.73. The molecule has 1 amide bonds. The van der Waals surface area contributed by atoms with Gasteiger partial charge >= 0.3 is 0 Å². The summed E-state index contributed by atoms with van der Waals surface area (Å²) in [6, 6.07) is 11.7. The molecular formula is C15H16N2OS. The molecule has 0 aliphatic carbocycles. The number of nitrogens with one attached hydrogen (secondary N) is 1. The van der Waals surface area contributed by atoms with E-state index in [0.717, 1.165) is 10.6 Å². The molecule has 1 N–H and O–H groups in total. The van der Waals surface area contributed by atoms with Gasteiger partial charge in [-0.1, -0.05) is 17.7 Å². The Bertz CT molecular complexity index is 540. The number of rotatable bonds is 4.